The van der Waals surface area contributed by atoms with Crippen LogP contribution in [0.1, 0.15) is 25.3 Å². The van der Waals surface area contributed by atoms with Crippen molar-refractivity contribution in [3.8, 4) is 23.1 Å². The minimum atomic E-state index is -0.546. The molecule has 0 bridgehead atoms. The van der Waals surface area contributed by atoms with Crippen LogP contribution in [0.2, 0.25) is 0 Å². The number of carbonyl (C=O) groups is 1. The van der Waals surface area contributed by atoms with Gasteiger partial charge in [-0.05, 0) is 30.2 Å². The number of amides is 1. The van der Waals surface area contributed by atoms with Crippen molar-refractivity contribution < 1.29 is 28.5 Å². The molecule has 0 radical (unpaired) electrons. The molecule has 2 aromatic heterocycles. The molecule has 166 valence electrons. The van der Waals surface area contributed by atoms with Crippen LogP contribution in [0.25, 0.3) is 5.65 Å². The first kappa shape index (κ1) is 22.0. The Morgan fingerprint density at radius 2 is 1.84 bits per heavy atom. The summed E-state index contributed by atoms with van der Waals surface area (Å²) in [4.78, 5) is 16.1. The standard InChI is InChI=1S/C21H26N4O6/c1-5-6-9-30-21(26)23-17-12-25-18(22-17)7-8-19(24-25)31-13-14-10-15(27-2)20(29-4)16(11-14)28-3/h7-8,10-12H,5-6,9,13H2,1-4H3,(H,23,26). The van der Waals surface area contributed by atoms with Gasteiger partial charge in [0, 0.05) is 6.07 Å². The summed E-state index contributed by atoms with van der Waals surface area (Å²) in [5, 5.41) is 6.96. The average molecular weight is 430 g/mol. The molecule has 1 amide bonds. The van der Waals surface area contributed by atoms with E-state index in [0.29, 0.717) is 41.2 Å². The SMILES string of the molecule is CCCCOC(=O)Nc1cn2nc(OCc3cc(OC)c(OC)c(OC)c3)ccc2n1. The number of ether oxygens (including phenoxy) is 5. The van der Waals surface area contributed by atoms with E-state index in [0.717, 1.165) is 18.4 Å². The van der Waals surface area contributed by atoms with E-state index in [4.69, 9.17) is 23.7 Å². The van der Waals surface area contributed by atoms with Gasteiger partial charge in [0.2, 0.25) is 11.6 Å². The van der Waals surface area contributed by atoms with Crippen LogP contribution in [0.5, 0.6) is 23.1 Å². The fraction of sp³-hybridized carbons (Fsp3) is 0.381. The Morgan fingerprint density at radius 3 is 2.48 bits per heavy atom. The number of imidazole rings is 1. The minimum absolute atomic E-state index is 0.235. The van der Waals surface area contributed by atoms with Crippen LogP contribution in [-0.4, -0.2) is 48.6 Å². The molecular formula is C21H26N4O6. The van der Waals surface area contributed by atoms with E-state index in [2.05, 4.69) is 15.4 Å². The number of hydrogen-bond donors (Lipinski definition) is 1. The maximum Gasteiger partial charge on any atom is 0.412 e. The molecule has 0 fully saturated rings. The molecule has 10 heteroatoms. The number of nitrogens with one attached hydrogen (secondary N) is 1. The summed E-state index contributed by atoms with van der Waals surface area (Å²) >= 11 is 0. The van der Waals surface area contributed by atoms with Gasteiger partial charge < -0.3 is 23.7 Å². The summed E-state index contributed by atoms with van der Waals surface area (Å²) in [6.07, 6.45) is 2.80. The Labute approximate surface area is 180 Å². The van der Waals surface area contributed by atoms with Gasteiger partial charge in [-0.2, -0.15) is 0 Å². The van der Waals surface area contributed by atoms with Crippen molar-refractivity contribution in [1.29, 1.82) is 0 Å². The van der Waals surface area contributed by atoms with Crippen molar-refractivity contribution in [2.45, 2.75) is 26.4 Å². The van der Waals surface area contributed by atoms with Gasteiger partial charge in [0.25, 0.3) is 0 Å². The highest BCUT2D eigenvalue weighted by Gasteiger charge is 2.14. The molecule has 0 aliphatic heterocycles. The topological polar surface area (TPSA) is 105 Å². The van der Waals surface area contributed by atoms with E-state index in [-0.39, 0.29) is 6.61 Å². The molecule has 0 spiro atoms. The molecule has 31 heavy (non-hydrogen) atoms. The number of hydrogen-bond acceptors (Lipinski definition) is 8. The van der Waals surface area contributed by atoms with Crippen LogP contribution >= 0.6 is 0 Å². The minimum Gasteiger partial charge on any atom is -0.493 e. The van der Waals surface area contributed by atoms with Gasteiger partial charge in [0.05, 0.1) is 34.1 Å². The van der Waals surface area contributed by atoms with Crippen molar-refractivity contribution in [1.82, 2.24) is 14.6 Å². The number of anilines is 1. The summed E-state index contributed by atoms with van der Waals surface area (Å²) < 4.78 is 28.4. The monoisotopic (exact) mass is 430 g/mol. The van der Waals surface area contributed by atoms with E-state index >= 15 is 0 Å². The molecule has 0 saturated carbocycles. The molecule has 0 unspecified atom stereocenters. The van der Waals surface area contributed by atoms with Crippen LogP contribution in [0.15, 0.2) is 30.5 Å². The Bertz CT molecular complexity index is 1010. The van der Waals surface area contributed by atoms with Crippen LogP contribution in [0, 0.1) is 0 Å². The zero-order valence-corrected chi connectivity index (χ0v) is 18.0. The highest BCUT2D eigenvalue weighted by molar-refractivity contribution is 5.83. The number of benzene rings is 1. The number of carbonyl (C=O) groups excluding carboxylic acids is 1. The number of nitrogens with zero attached hydrogens (tertiary/aromatic N) is 3. The predicted molar refractivity (Wildman–Crippen MR) is 113 cm³/mol. The first-order valence-electron chi connectivity index (χ1n) is 9.79. The average Bonchev–Trinajstić information content (AvgIpc) is 3.18. The molecule has 0 aliphatic carbocycles. The van der Waals surface area contributed by atoms with Gasteiger partial charge in [0.15, 0.2) is 23.0 Å². The van der Waals surface area contributed by atoms with Crippen LogP contribution in [0.4, 0.5) is 10.6 Å². The molecule has 3 rings (SSSR count). The number of rotatable bonds is 10. The van der Waals surface area contributed by atoms with Crippen LogP contribution in [0.3, 0.4) is 0 Å². The lowest BCUT2D eigenvalue weighted by Gasteiger charge is -2.14. The van der Waals surface area contributed by atoms with E-state index in [1.54, 1.807) is 39.7 Å². The van der Waals surface area contributed by atoms with Crippen molar-refractivity contribution in [3.63, 3.8) is 0 Å². The molecule has 3 aromatic rings. The van der Waals surface area contributed by atoms with Gasteiger partial charge in [-0.1, -0.05) is 13.3 Å². The fourth-order valence-corrected chi connectivity index (χ4v) is 2.83. The van der Waals surface area contributed by atoms with Crippen molar-refractivity contribution in [3.05, 3.63) is 36.0 Å². The van der Waals surface area contributed by atoms with Gasteiger partial charge in [0.1, 0.15) is 6.61 Å². The quantitative estimate of drug-likeness (QED) is 0.486. The molecule has 0 saturated heterocycles. The van der Waals surface area contributed by atoms with E-state index in [1.165, 1.54) is 4.52 Å². The van der Waals surface area contributed by atoms with E-state index in [1.807, 2.05) is 19.1 Å². The number of aromatic nitrogens is 3. The van der Waals surface area contributed by atoms with Crippen molar-refractivity contribution in [2.24, 2.45) is 0 Å². The Hall–Kier alpha value is -3.69. The summed E-state index contributed by atoms with van der Waals surface area (Å²) in [6, 6.07) is 7.06. The molecule has 2 heterocycles. The molecule has 0 aliphatic rings. The largest absolute Gasteiger partial charge is 0.493 e. The third-order valence-electron chi connectivity index (χ3n) is 4.37. The smallest absolute Gasteiger partial charge is 0.412 e. The summed E-state index contributed by atoms with van der Waals surface area (Å²) in [5.74, 6) is 2.33. The van der Waals surface area contributed by atoms with Crippen molar-refractivity contribution >= 4 is 17.6 Å². The highest BCUT2D eigenvalue weighted by atomic mass is 16.5. The normalized spacial score (nSPS) is 10.6. The lowest BCUT2D eigenvalue weighted by Crippen LogP contribution is -2.14. The van der Waals surface area contributed by atoms with Gasteiger partial charge in [-0.15, -0.1) is 5.10 Å². The Morgan fingerprint density at radius 1 is 1.10 bits per heavy atom. The molecular weight excluding hydrogens is 404 g/mol. The van der Waals surface area contributed by atoms with Gasteiger partial charge >= 0.3 is 6.09 Å². The van der Waals surface area contributed by atoms with E-state index < -0.39 is 6.09 Å². The zero-order valence-electron chi connectivity index (χ0n) is 18.0. The maximum absolute atomic E-state index is 11.8. The van der Waals surface area contributed by atoms with Crippen LogP contribution < -0.4 is 24.3 Å². The van der Waals surface area contributed by atoms with Crippen LogP contribution in [-0.2, 0) is 11.3 Å². The van der Waals surface area contributed by atoms with E-state index in [9.17, 15) is 4.79 Å². The third kappa shape index (κ3) is 5.47. The first-order valence-corrected chi connectivity index (χ1v) is 9.79. The van der Waals surface area contributed by atoms with Gasteiger partial charge in [-0.25, -0.2) is 14.3 Å². The lowest BCUT2D eigenvalue weighted by atomic mass is 10.2. The summed E-state index contributed by atoms with van der Waals surface area (Å²) in [7, 11) is 4.66. The fourth-order valence-electron chi connectivity index (χ4n) is 2.83. The molecule has 1 aromatic carbocycles. The Balaban J connectivity index is 1.68. The second-order valence-electron chi connectivity index (χ2n) is 6.54. The number of methoxy groups -OCH3 is 3. The number of unbranched alkanes of at least 4 members (excludes halogenated alkanes) is 1. The lowest BCUT2D eigenvalue weighted by molar-refractivity contribution is 0.160. The molecule has 1 N–H and O–H groups in total. The zero-order chi connectivity index (χ0) is 22.2. The summed E-state index contributed by atoms with van der Waals surface area (Å²) in [6.45, 7) is 2.63. The van der Waals surface area contributed by atoms with Crippen molar-refractivity contribution in [2.75, 3.05) is 33.3 Å². The predicted octanol–water partition coefficient (Wildman–Crippen LogP) is 3.68. The summed E-state index contributed by atoms with van der Waals surface area (Å²) in [5.41, 5.74) is 1.38. The maximum atomic E-state index is 11.8. The first-order chi connectivity index (χ1) is 15.1. The second kappa shape index (κ2) is 10.4. The van der Waals surface area contributed by atoms with Gasteiger partial charge in [-0.3, -0.25) is 5.32 Å². The third-order valence-corrected chi connectivity index (χ3v) is 4.37. The number of fused-ring (bicyclic) bond motifs is 1. The molecule has 0 atom stereocenters. The molecule has 10 nitrogen and oxygen atoms in total. The Kier molecular flexibility index (Phi) is 7.36. The second-order valence-corrected chi connectivity index (χ2v) is 6.54. The highest BCUT2D eigenvalue weighted by Crippen LogP contribution is 2.38.